The molecule has 1 N–H and O–H groups in total. The fourth-order valence-corrected chi connectivity index (χ4v) is 0.934. The molecule has 0 aromatic rings. The molecule has 0 heterocycles. The Morgan fingerprint density at radius 3 is 2.31 bits per heavy atom. The van der Waals surface area contributed by atoms with Crippen molar-refractivity contribution in [1.29, 1.82) is 0 Å². The van der Waals surface area contributed by atoms with Crippen molar-refractivity contribution >= 4 is 0 Å². The summed E-state index contributed by atoms with van der Waals surface area (Å²) >= 11 is 0. The largest absolute Gasteiger partial charge is 0.393 e. The summed E-state index contributed by atoms with van der Waals surface area (Å²) in [4.78, 5) is 0. The lowest BCUT2D eigenvalue weighted by molar-refractivity contribution is -0.159. The minimum atomic E-state index is -4.29. The van der Waals surface area contributed by atoms with Gasteiger partial charge in [0.05, 0.1) is 12.5 Å². The van der Waals surface area contributed by atoms with Crippen LogP contribution in [0.2, 0.25) is 0 Å². The Balaban J connectivity index is 3.75. The molecule has 2 atom stereocenters. The molecule has 0 aliphatic heterocycles. The molecule has 0 rings (SSSR count). The lowest BCUT2D eigenvalue weighted by atomic mass is 9.99. The third-order valence-corrected chi connectivity index (χ3v) is 1.87. The number of methoxy groups -OCH3 is 1. The molecule has 0 aliphatic carbocycles. The molecule has 0 aliphatic rings. The van der Waals surface area contributed by atoms with E-state index in [1.807, 2.05) is 0 Å². The van der Waals surface area contributed by atoms with Gasteiger partial charge in [-0.25, -0.2) is 0 Å². The summed E-state index contributed by atoms with van der Waals surface area (Å²) in [6, 6.07) is 0. The molecule has 0 saturated carbocycles. The molecule has 80 valence electrons. The average molecular weight is 200 g/mol. The molecule has 0 saturated heterocycles. The van der Waals surface area contributed by atoms with Gasteiger partial charge in [0, 0.05) is 13.7 Å². The Morgan fingerprint density at radius 2 is 1.92 bits per heavy atom. The van der Waals surface area contributed by atoms with Crippen molar-refractivity contribution in [2.24, 2.45) is 5.92 Å². The Hall–Kier alpha value is -0.290. The summed E-state index contributed by atoms with van der Waals surface area (Å²) in [5.41, 5.74) is 0. The monoisotopic (exact) mass is 200 g/mol. The minimum absolute atomic E-state index is 0.371. The lowest BCUT2D eigenvalue weighted by Gasteiger charge is -2.19. The minimum Gasteiger partial charge on any atom is -0.393 e. The highest BCUT2D eigenvalue weighted by atomic mass is 19.4. The van der Waals surface area contributed by atoms with Gasteiger partial charge in [-0.15, -0.1) is 0 Å². The van der Waals surface area contributed by atoms with Crippen LogP contribution in [0.4, 0.5) is 13.2 Å². The third kappa shape index (κ3) is 6.83. The van der Waals surface area contributed by atoms with E-state index in [1.165, 1.54) is 7.11 Å². The van der Waals surface area contributed by atoms with E-state index >= 15 is 0 Å². The van der Waals surface area contributed by atoms with Crippen molar-refractivity contribution in [2.75, 3.05) is 13.7 Å². The average Bonchev–Trinajstić information content (AvgIpc) is 1.96. The maximum absolute atomic E-state index is 11.8. The van der Waals surface area contributed by atoms with Crippen LogP contribution < -0.4 is 0 Å². The Morgan fingerprint density at radius 1 is 1.38 bits per heavy atom. The molecule has 0 spiro atoms. The van der Waals surface area contributed by atoms with Gasteiger partial charge in [0.25, 0.3) is 0 Å². The number of ether oxygens (including phenoxy) is 1. The predicted octanol–water partition coefficient (Wildman–Crippen LogP) is 1.97. The van der Waals surface area contributed by atoms with Gasteiger partial charge in [0.2, 0.25) is 0 Å². The number of aliphatic hydroxyl groups excluding tert-OH is 1. The highest BCUT2D eigenvalue weighted by Crippen LogP contribution is 2.25. The summed E-state index contributed by atoms with van der Waals surface area (Å²) in [7, 11) is 1.48. The molecule has 0 aromatic heterocycles. The summed E-state index contributed by atoms with van der Waals surface area (Å²) in [6.07, 6.45) is -6.32. The summed E-state index contributed by atoms with van der Waals surface area (Å²) in [5.74, 6) is -0.387. The Kier molecular flexibility index (Phi) is 5.32. The zero-order valence-corrected chi connectivity index (χ0v) is 7.77. The second-order valence-corrected chi connectivity index (χ2v) is 3.15. The van der Waals surface area contributed by atoms with Gasteiger partial charge >= 0.3 is 6.18 Å². The molecule has 5 heteroatoms. The van der Waals surface area contributed by atoms with Crippen molar-refractivity contribution in [1.82, 2.24) is 0 Å². The SMILES string of the molecule is COCCC(C)C(O)CC(F)(F)F. The van der Waals surface area contributed by atoms with Crippen LogP contribution in [0.3, 0.4) is 0 Å². The molecule has 0 radical (unpaired) electrons. The van der Waals surface area contributed by atoms with Crippen LogP contribution in [-0.4, -0.2) is 31.1 Å². The molecule has 13 heavy (non-hydrogen) atoms. The van der Waals surface area contributed by atoms with E-state index < -0.39 is 18.7 Å². The van der Waals surface area contributed by atoms with Gasteiger partial charge in [-0.2, -0.15) is 13.2 Å². The molecule has 0 aromatic carbocycles. The number of aliphatic hydroxyl groups is 1. The van der Waals surface area contributed by atoms with Crippen LogP contribution in [0.15, 0.2) is 0 Å². The fraction of sp³-hybridized carbons (Fsp3) is 1.00. The number of rotatable bonds is 5. The maximum Gasteiger partial charge on any atom is 0.391 e. The first-order chi connectivity index (χ1) is 5.87. The van der Waals surface area contributed by atoms with E-state index in [4.69, 9.17) is 9.84 Å². The predicted molar refractivity (Wildman–Crippen MR) is 42.3 cm³/mol. The van der Waals surface area contributed by atoms with Gasteiger partial charge < -0.3 is 9.84 Å². The molecular formula is C8H15F3O2. The van der Waals surface area contributed by atoms with Crippen LogP contribution in [0.1, 0.15) is 19.8 Å². The van der Waals surface area contributed by atoms with Crippen LogP contribution in [0, 0.1) is 5.92 Å². The topological polar surface area (TPSA) is 29.5 Å². The zero-order chi connectivity index (χ0) is 10.5. The molecule has 2 nitrogen and oxygen atoms in total. The first-order valence-corrected chi connectivity index (χ1v) is 4.10. The Labute approximate surface area is 75.7 Å². The van der Waals surface area contributed by atoms with Gasteiger partial charge in [-0.05, 0) is 12.3 Å². The number of alkyl halides is 3. The highest BCUT2D eigenvalue weighted by Gasteiger charge is 2.33. The molecule has 0 fully saturated rings. The van der Waals surface area contributed by atoms with E-state index in [1.54, 1.807) is 6.92 Å². The van der Waals surface area contributed by atoms with E-state index in [0.717, 1.165) is 0 Å². The van der Waals surface area contributed by atoms with Crippen LogP contribution in [0.5, 0.6) is 0 Å². The maximum atomic E-state index is 11.8. The normalized spacial score (nSPS) is 17.1. The third-order valence-electron chi connectivity index (χ3n) is 1.87. The number of halogens is 3. The smallest absolute Gasteiger partial charge is 0.391 e. The van der Waals surface area contributed by atoms with Crippen molar-refractivity contribution in [3.63, 3.8) is 0 Å². The van der Waals surface area contributed by atoms with Gasteiger partial charge in [-0.3, -0.25) is 0 Å². The second kappa shape index (κ2) is 5.44. The molecule has 0 amide bonds. The Bertz CT molecular complexity index is 136. The van der Waals surface area contributed by atoms with Crippen molar-refractivity contribution in [3.8, 4) is 0 Å². The van der Waals surface area contributed by atoms with E-state index in [-0.39, 0.29) is 5.92 Å². The van der Waals surface area contributed by atoms with Gasteiger partial charge in [0.1, 0.15) is 0 Å². The van der Waals surface area contributed by atoms with E-state index in [0.29, 0.717) is 13.0 Å². The summed E-state index contributed by atoms with van der Waals surface area (Å²) in [6.45, 7) is 1.95. The highest BCUT2D eigenvalue weighted by molar-refractivity contribution is 4.68. The van der Waals surface area contributed by atoms with Crippen molar-refractivity contribution in [2.45, 2.75) is 32.0 Å². The zero-order valence-electron chi connectivity index (χ0n) is 7.77. The first-order valence-electron chi connectivity index (χ1n) is 4.10. The van der Waals surface area contributed by atoms with Crippen molar-refractivity contribution in [3.05, 3.63) is 0 Å². The fourth-order valence-electron chi connectivity index (χ4n) is 0.934. The molecule has 2 unspecified atom stereocenters. The van der Waals surface area contributed by atoms with Crippen LogP contribution in [0.25, 0.3) is 0 Å². The second-order valence-electron chi connectivity index (χ2n) is 3.15. The molecular weight excluding hydrogens is 185 g/mol. The van der Waals surface area contributed by atoms with Gasteiger partial charge in [-0.1, -0.05) is 6.92 Å². The quantitative estimate of drug-likeness (QED) is 0.735. The first kappa shape index (κ1) is 12.7. The van der Waals surface area contributed by atoms with E-state index in [2.05, 4.69) is 0 Å². The van der Waals surface area contributed by atoms with Crippen LogP contribution in [-0.2, 0) is 4.74 Å². The molecule has 0 bridgehead atoms. The van der Waals surface area contributed by atoms with Crippen molar-refractivity contribution < 1.29 is 23.0 Å². The number of hydrogen-bond donors (Lipinski definition) is 1. The van der Waals surface area contributed by atoms with Crippen LogP contribution >= 0.6 is 0 Å². The van der Waals surface area contributed by atoms with Gasteiger partial charge in [0.15, 0.2) is 0 Å². The summed E-state index contributed by atoms with van der Waals surface area (Å²) in [5, 5.41) is 9.10. The standard InChI is InChI=1S/C8H15F3O2/c1-6(3-4-13-2)7(12)5-8(9,10)11/h6-7,12H,3-5H2,1-2H3. The summed E-state index contributed by atoms with van der Waals surface area (Å²) < 4.78 is 40.1. The lowest BCUT2D eigenvalue weighted by Crippen LogP contribution is -2.26. The van der Waals surface area contributed by atoms with E-state index in [9.17, 15) is 13.2 Å². The number of hydrogen-bond acceptors (Lipinski definition) is 2.